The Kier molecular flexibility index (Phi) is 3.73. The van der Waals surface area contributed by atoms with Gasteiger partial charge in [0.05, 0.1) is 0 Å². The Labute approximate surface area is 117 Å². The van der Waals surface area contributed by atoms with Crippen molar-refractivity contribution < 1.29 is 9.26 Å². The number of hydrogen-bond acceptors (Lipinski definition) is 4. The van der Waals surface area contributed by atoms with Crippen LogP contribution in [0.4, 0.5) is 0 Å². The maximum atomic E-state index is 5.73. The predicted octanol–water partition coefficient (Wildman–Crippen LogP) is 3.24. The first-order valence-corrected chi connectivity index (χ1v) is 6.41. The zero-order valence-electron chi connectivity index (χ0n) is 10.9. The Morgan fingerprint density at radius 1 is 0.900 bits per heavy atom. The van der Waals surface area contributed by atoms with Crippen molar-refractivity contribution in [3.05, 3.63) is 77.9 Å². The van der Waals surface area contributed by atoms with Gasteiger partial charge in [-0.25, -0.2) is 0 Å². The van der Waals surface area contributed by atoms with Gasteiger partial charge in [-0.05, 0) is 23.3 Å². The molecule has 0 saturated heterocycles. The van der Waals surface area contributed by atoms with Crippen LogP contribution in [0, 0.1) is 0 Å². The number of benzene rings is 2. The number of ether oxygens (including phenoxy) is 1. The molecule has 4 nitrogen and oxygen atoms in total. The molecule has 4 heteroatoms. The van der Waals surface area contributed by atoms with Gasteiger partial charge in [-0.3, -0.25) is 0 Å². The van der Waals surface area contributed by atoms with E-state index in [0.717, 1.165) is 16.9 Å². The maximum Gasteiger partial charge on any atom is 0.213 e. The molecular weight excluding hydrogens is 252 g/mol. The van der Waals surface area contributed by atoms with Crippen molar-refractivity contribution in [3.8, 4) is 5.75 Å². The smallest absolute Gasteiger partial charge is 0.213 e. The van der Waals surface area contributed by atoms with Crippen molar-refractivity contribution in [2.75, 3.05) is 0 Å². The van der Waals surface area contributed by atoms with E-state index in [1.54, 1.807) is 0 Å². The van der Waals surface area contributed by atoms with E-state index >= 15 is 0 Å². The van der Waals surface area contributed by atoms with Crippen LogP contribution in [0.5, 0.6) is 5.75 Å². The molecule has 0 fully saturated rings. The fourth-order valence-electron chi connectivity index (χ4n) is 1.90. The van der Waals surface area contributed by atoms with Gasteiger partial charge >= 0.3 is 0 Å². The van der Waals surface area contributed by atoms with Gasteiger partial charge in [0, 0.05) is 6.42 Å². The van der Waals surface area contributed by atoms with E-state index in [1.807, 2.05) is 54.6 Å². The summed E-state index contributed by atoms with van der Waals surface area (Å²) in [6, 6.07) is 18.0. The van der Waals surface area contributed by atoms with Crippen molar-refractivity contribution in [1.82, 2.24) is 10.1 Å². The summed E-state index contributed by atoms with van der Waals surface area (Å²) in [5.74, 6) is 1.54. The van der Waals surface area contributed by atoms with Crippen LogP contribution in [-0.4, -0.2) is 10.1 Å². The molecule has 1 heterocycles. The first-order valence-electron chi connectivity index (χ1n) is 6.41. The number of hydrogen-bond donors (Lipinski definition) is 0. The van der Waals surface area contributed by atoms with E-state index in [-0.39, 0.29) is 0 Å². The lowest BCUT2D eigenvalue weighted by atomic mass is 10.1. The first kappa shape index (κ1) is 12.4. The molecular formula is C16H14N2O2. The Morgan fingerprint density at radius 2 is 1.70 bits per heavy atom. The molecule has 0 aliphatic heterocycles. The Bertz CT molecular complexity index is 634. The van der Waals surface area contributed by atoms with Crippen molar-refractivity contribution in [3.63, 3.8) is 0 Å². The molecule has 3 rings (SSSR count). The van der Waals surface area contributed by atoms with E-state index in [4.69, 9.17) is 9.26 Å². The summed E-state index contributed by atoms with van der Waals surface area (Å²) in [6.45, 7) is 0.574. The topological polar surface area (TPSA) is 48.2 Å². The van der Waals surface area contributed by atoms with E-state index in [1.165, 1.54) is 6.39 Å². The molecule has 0 radical (unpaired) electrons. The van der Waals surface area contributed by atoms with Crippen LogP contribution in [0.2, 0.25) is 0 Å². The van der Waals surface area contributed by atoms with Crippen molar-refractivity contribution in [2.24, 2.45) is 0 Å². The second kappa shape index (κ2) is 6.02. The Hall–Kier alpha value is -2.62. The average Bonchev–Trinajstić information content (AvgIpc) is 3.01. The molecule has 0 N–H and O–H groups in total. The van der Waals surface area contributed by atoms with Gasteiger partial charge in [-0.15, -0.1) is 0 Å². The minimum Gasteiger partial charge on any atom is -0.489 e. The summed E-state index contributed by atoms with van der Waals surface area (Å²) in [7, 11) is 0. The second-order valence-corrected chi connectivity index (χ2v) is 4.44. The van der Waals surface area contributed by atoms with Crippen LogP contribution in [0.15, 0.2) is 65.5 Å². The number of rotatable bonds is 5. The Morgan fingerprint density at radius 3 is 2.40 bits per heavy atom. The minimum absolute atomic E-state index is 0.574. The van der Waals surface area contributed by atoms with Gasteiger partial charge in [-0.1, -0.05) is 47.6 Å². The standard InChI is InChI=1S/C16H14N2O2/c1-2-4-14(5-3-1)11-19-15-8-6-13(7-9-15)10-16-17-12-20-18-16/h1-9,12H,10-11H2. The van der Waals surface area contributed by atoms with Crippen molar-refractivity contribution >= 4 is 0 Å². The number of nitrogens with zero attached hydrogens (tertiary/aromatic N) is 2. The molecule has 0 saturated carbocycles. The highest BCUT2D eigenvalue weighted by atomic mass is 16.5. The molecule has 0 bridgehead atoms. The van der Waals surface area contributed by atoms with Gasteiger partial charge < -0.3 is 9.26 Å². The van der Waals surface area contributed by atoms with Gasteiger partial charge in [0.25, 0.3) is 0 Å². The van der Waals surface area contributed by atoms with Crippen LogP contribution in [0.3, 0.4) is 0 Å². The lowest BCUT2D eigenvalue weighted by molar-refractivity contribution is 0.306. The fourth-order valence-corrected chi connectivity index (χ4v) is 1.90. The highest BCUT2D eigenvalue weighted by molar-refractivity contribution is 5.29. The van der Waals surface area contributed by atoms with Gasteiger partial charge in [0.2, 0.25) is 6.39 Å². The molecule has 1 aromatic heterocycles. The molecule has 0 spiro atoms. The largest absolute Gasteiger partial charge is 0.489 e. The zero-order chi connectivity index (χ0) is 13.6. The van der Waals surface area contributed by atoms with E-state index in [2.05, 4.69) is 10.1 Å². The molecule has 0 unspecified atom stereocenters. The summed E-state index contributed by atoms with van der Waals surface area (Å²) >= 11 is 0. The van der Waals surface area contributed by atoms with Gasteiger partial charge in [-0.2, -0.15) is 4.98 Å². The molecule has 0 atom stereocenters. The Balaban J connectivity index is 1.59. The quantitative estimate of drug-likeness (QED) is 0.711. The van der Waals surface area contributed by atoms with Crippen LogP contribution in [-0.2, 0) is 13.0 Å². The van der Waals surface area contributed by atoms with E-state index in [0.29, 0.717) is 18.9 Å². The summed E-state index contributed by atoms with van der Waals surface area (Å²) in [5, 5.41) is 3.79. The van der Waals surface area contributed by atoms with Crippen molar-refractivity contribution in [1.29, 1.82) is 0 Å². The molecule has 0 aliphatic rings. The summed E-state index contributed by atoms with van der Waals surface area (Å²) in [5.41, 5.74) is 2.28. The van der Waals surface area contributed by atoms with E-state index in [9.17, 15) is 0 Å². The molecule has 20 heavy (non-hydrogen) atoms. The first-order chi connectivity index (χ1) is 9.90. The number of aromatic nitrogens is 2. The highest BCUT2D eigenvalue weighted by Gasteiger charge is 2.01. The summed E-state index contributed by atoms with van der Waals surface area (Å²) in [4.78, 5) is 4.00. The van der Waals surface area contributed by atoms with Crippen LogP contribution in [0.25, 0.3) is 0 Å². The minimum atomic E-state index is 0.574. The third kappa shape index (κ3) is 3.23. The molecule has 100 valence electrons. The SMILES string of the molecule is c1ccc(COc2ccc(Cc3ncon3)cc2)cc1. The van der Waals surface area contributed by atoms with E-state index < -0.39 is 0 Å². The van der Waals surface area contributed by atoms with Crippen molar-refractivity contribution in [2.45, 2.75) is 13.0 Å². The predicted molar refractivity (Wildman–Crippen MR) is 74.3 cm³/mol. The zero-order valence-corrected chi connectivity index (χ0v) is 10.9. The third-order valence-electron chi connectivity index (χ3n) is 2.94. The third-order valence-corrected chi connectivity index (χ3v) is 2.94. The molecule has 3 aromatic rings. The maximum absolute atomic E-state index is 5.73. The summed E-state index contributed by atoms with van der Waals surface area (Å²) in [6.07, 6.45) is 2.00. The van der Waals surface area contributed by atoms with Crippen LogP contribution >= 0.6 is 0 Å². The monoisotopic (exact) mass is 266 g/mol. The lowest BCUT2D eigenvalue weighted by Crippen LogP contribution is -1.95. The molecule has 0 aliphatic carbocycles. The lowest BCUT2D eigenvalue weighted by Gasteiger charge is -2.06. The van der Waals surface area contributed by atoms with Crippen LogP contribution < -0.4 is 4.74 Å². The average molecular weight is 266 g/mol. The second-order valence-electron chi connectivity index (χ2n) is 4.44. The van der Waals surface area contributed by atoms with Crippen LogP contribution in [0.1, 0.15) is 17.0 Å². The van der Waals surface area contributed by atoms with Gasteiger partial charge in [0.1, 0.15) is 12.4 Å². The normalized spacial score (nSPS) is 10.4. The highest BCUT2D eigenvalue weighted by Crippen LogP contribution is 2.15. The fraction of sp³-hybridized carbons (Fsp3) is 0.125. The summed E-state index contributed by atoms with van der Waals surface area (Å²) < 4.78 is 10.4. The molecule has 2 aromatic carbocycles. The van der Waals surface area contributed by atoms with Gasteiger partial charge in [0.15, 0.2) is 5.82 Å². The molecule has 0 amide bonds.